The average molecular weight is 285 g/mol. The first-order chi connectivity index (χ1) is 9.54. The highest BCUT2D eigenvalue weighted by atomic mass is 16.3. The Morgan fingerprint density at radius 1 is 1.05 bits per heavy atom. The zero-order valence-corrected chi connectivity index (χ0v) is 12.7. The van der Waals surface area contributed by atoms with E-state index in [0.717, 1.165) is 25.8 Å². The van der Waals surface area contributed by atoms with E-state index in [1.54, 1.807) is 11.8 Å². The molecule has 1 rings (SSSR count). The Hall–Kier alpha value is -1.14. The molecule has 0 aromatic carbocycles. The number of aliphatic hydroxyl groups is 1. The lowest BCUT2D eigenvalue weighted by Gasteiger charge is -2.35. The minimum atomic E-state index is 0.0816. The SMILES string of the molecule is CC(=O)N1CCN(C(=O)CN(C)CCCCCO)CC1. The number of carbonyl (C=O) groups excluding carboxylic acids is 2. The Morgan fingerprint density at radius 3 is 2.20 bits per heavy atom. The van der Waals surface area contributed by atoms with Crippen molar-refractivity contribution in [3.8, 4) is 0 Å². The molecule has 0 unspecified atom stereocenters. The summed E-state index contributed by atoms with van der Waals surface area (Å²) in [7, 11) is 1.95. The van der Waals surface area contributed by atoms with Crippen molar-refractivity contribution in [2.45, 2.75) is 26.2 Å². The van der Waals surface area contributed by atoms with Crippen LogP contribution in [0.2, 0.25) is 0 Å². The van der Waals surface area contributed by atoms with Gasteiger partial charge in [-0.15, -0.1) is 0 Å². The van der Waals surface area contributed by atoms with Crippen LogP contribution in [0.1, 0.15) is 26.2 Å². The monoisotopic (exact) mass is 285 g/mol. The van der Waals surface area contributed by atoms with Crippen LogP contribution in [0.4, 0.5) is 0 Å². The fourth-order valence-electron chi connectivity index (χ4n) is 2.35. The van der Waals surface area contributed by atoms with E-state index in [4.69, 9.17) is 5.11 Å². The predicted molar refractivity (Wildman–Crippen MR) is 77.3 cm³/mol. The summed E-state index contributed by atoms with van der Waals surface area (Å²) in [6.45, 7) is 5.66. The van der Waals surface area contributed by atoms with Crippen LogP contribution >= 0.6 is 0 Å². The van der Waals surface area contributed by atoms with Gasteiger partial charge in [0.1, 0.15) is 0 Å². The normalized spacial score (nSPS) is 15.8. The number of rotatable bonds is 7. The number of hydrogen-bond donors (Lipinski definition) is 1. The highest BCUT2D eigenvalue weighted by Gasteiger charge is 2.22. The fraction of sp³-hybridized carbons (Fsp3) is 0.857. The second-order valence-corrected chi connectivity index (χ2v) is 5.41. The molecule has 1 aliphatic heterocycles. The largest absolute Gasteiger partial charge is 0.396 e. The zero-order valence-electron chi connectivity index (χ0n) is 12.7. The Bertz CT molecular complexity index is 315. The molecule has 6 heteroatoms. The molecule has 0 atom stereocenters. The maximum Gasteiger partial charge on any atom is 0.236 e. The van der Waals surface area contributed by atoms with Crippen LogP contribution in [0.15, 0.2) is 0 Å². The quantitative estimate of drug-likeness (QED) is 0.656. The number of hydrogen-bond acceptors (Lipinski definition) is 4. The third-order valence-corrected chi connectivity index (χ3v) is 3.68. The number of amides is 2. The fourth-order valence-corrected chi connectivity index (χ4v) is 2.35. The van der Waals surface area contributed by atoms with Gasteiger partial charge in [0, 0.05) is 39.7 Å². The third kappa shape index (κ3) is 5.88. The van der Waals surface area contributed by atoms with Gasteiger partial charge in [-0.2, -0.15) is 0 Å². The number of piperazine rings is 1. The Labute approximate surface area is 121 Å². The lowest BCUT2D eigenvalue weighted by molar-refractivity contribution is -0.139. The third-order valence-electron chi connectivity index (χ3n) is 3.68. The van der Waals surface area contributed by atoms with Gasteiger partial charge >= 0.3 is 0 Å². The first kappa shape index (κ1) is 16.9. The summed E-state index contributed by atoms with van der Waals surface area (Å²) < 4.78 is 0. The first-order valence-electron chi connectivity index (χ1n) is 7.37. The van der Waals surface area contributed by atoms with Crippen LogP contribution in [0, 0.1) is 0 Å². The maximum absolute atomic E-state index is 12.1. The molecule has 1 heterocycles. The maximum atomic E-state index is 12.1. The Kier molecular flexibility index (Phi) is 7.54. The van der Waals surface area contributed by atoms with E-state index in [1.165, 1.54) is 0 Å². The summed E-state index contributed by atoms with van der Waals surface area (Å²) in [6.07, 6.45) is 2.82. The van der Waals surface area contributed by atoms with Gasteiger partial charge < -0.3 is 14.9 Å². The molecule has 1 N–H and O–H groups in total. The molecule has 1 saturated heterocycles. The summed E-state index contributed by atoms with van der Waals surface area (Å²) in [5, 5.41) is 8.71. The van der Waals surface area contributed by atoms with Gasteiger partial charge in [0.15, 0.2) is 0 Å². The summed E-state index contributed by atoms with van der Waals surface area (Å²) in [5.41, 5.74) is 0. The number of nitrogens with zero attached hydrogens (tertiary/aromatic N) is 3. The number of likely N-dealkylation sites (N-methyl/N-ethyl adjacent to an activating group) is 1. The molecule has 1 aliphatic rings. The van der Waals surface area contributed by atoms with E-state index in [9.17, 15) is 9.59 Å². The Balaban J connectivity index is 2.21. The minimum Gasteiger partial charge on any atom is -0.396 e. The molecule has 2 amide bonds. The van der Waals surface area contributed by atoms with E-state index < -0.39 is 0 Å². The Morgan fingerprint density at radius 2 is 1.65 bits per heavy atom. The van der Waals surface area contributed by atoms with Gasteiger partial charge in [-0.25, -0.2) is 0 Å². The van der Waals surface area contributed by atoms with Crippen LogP contribution in [-0.2, 0) is 9.59 Å². The van der Waals surface area contributed by atoms with Gasteiger partial charge in [-0.1, -0.05) is 0 Å². The van der Waals surface area contributed by atoms with Crippen LogP contribution < -0.4 is 0 Å². The lowest BCUT2D eigenvalue weighted by Crippen LogP contribution is -2.52. The predicted octanol–water partition coefficient (Wildman–Crippen LogP) is -0.228. The molecule has 0 aromatic heterocycles. The van der Waals surface area contributed by atoms with Crippen LogP contribution in [-0.4, -0.2) is 84.5 Å². The topological polar surface area (TPSA) is 64.1 Å². The van der Waals surface area contributed by atoms with Crippen LogP contribution in [0.3, 0.4) is 0 Å². The van der Waals surface area contributed by atoms with Gasteiger partial charge in [0.05, 0.1) is 6.54 Å². The summed E-state index contributed by atoms with van der Waals surface area (Å²) >= 11 is 0. The van der Waals surface area contributed by atoms with E-state index in [0.29, 0.717) is 32.7 Å². The molecule has 1 fully saturated rings. The summed E-state index contributed by atoms with van der Waals surface area (Å²) in [4.78, 5) is 29.0. The van der Waals surface area contributed by atoms with E-state index >= 15 is 0 Å². The van der Waals surface area contributed by atoms with Crippen molar-refractivity contribution in [1.29, 1.82) is 0 Å². The van der Waals surface area contributed by atoms with Crippen molar-refractivity contribution in [2.24, 2.45) is 0 Å². The van der Waals surface area contributed by atoms with Crippen molar-refractivity contribution >= 4 is 11.8 Å². The molecule has 20 heavy (non-hydrogen) atoms. The van der Waals surface area contributed by atoms with Gasteiger partial charge in [0.25, 0.3) is 0 Å². The van der Waals surface area contributed by atoms with Gasteiger partial charge in [0.2, 0.25) is 11.8 Å². The van der Waals surface area contributed by atoms with Gasteiger partial charge in [-0.05, 0) is 32.9 Å². The molecular weight excluding hydrogens is 258 g/mol. The molecule has 0 radical (unpaired) electrons. The first-order valence-corrected chi connectivity index (χ1v) is 7.37. The molecule has 0 saturated carbocycles. The van der Waals surface area contributed by atoms with Crippen molar-refractivity contribution in [3.63, 3.8) is 0 Å². The smallest absolute Gasteiger partial charge is 0.236 e. The van der Waals surface area contributed by atoms with Crippen molar-refractivity contribution < 1.29 is 14.7 Å². The number of carbonyl (C=O) groups is 2. The summed E-state index contributed by atoms with van der Waals surface area (Å²) in [5.74, 6) is 0.218. The van der Waals surface area contributed by atoms with E-state index in [1.807, 2.05) is 16.8 Å². The van der Waals surface area contributed by atoms with Crippen molar-refractivity contribution in [3.05, 3.63) is 0 Å². The van der Waals surface area contributed by atoms with Crippen LogP contribution in [0.5, 0.6) is 0 Å². The molecular formula is C14H27N3O3. The van der Waals surface area contributed by atoms with E-state index in [2.05, 4.69) is 0 Å². The standard InChI is InChI=1S/C14H27N3O3/c1-13(19)16-7-9-17(10-8-16)14(20)12-15(2)6-4-3-5-11-18/h18H,3-12H2,1-2H3. The highest BCUT2D eigenvalue weighted by molar-refractivity contribution is 5.79. The van der Waals surface area contributed by atoms with Crippen molar-refractivity contribution in [1.82, 2.24) is 14.7 Å². The number of unbranched alkanes of at least 4 members (excludes halogenated alkanes) is 2. The zero-order chi connectivity index (χ0) is 15.0. The molecule has 0 spiro atoms. The molecule has 0 aromatic rings. The highest BCUT2D eigenvalue weighted by Crippen LogP contribution is 2.04. The summed E-state index contributed by atoms with van der Waals surface area (Å²) in [6, 6.07) is 0. The number of aliphatic hydroxyl groups excluding tert-OH is 1. The van der Waals surface area contributed by atoms with E-state index in [-0.39, 0.29) is 18.4 Å². The van der Waals surface area contributed by atoms with Crippen LogP contribution in [0.25, 0.3) is 0 Å². The lowest BCUT2D eigenvalue weighted by atomic mass is 10.2. The minimum absolute atomic E-state index is 0.0816. The average Bonchev–Trinajstić information content (AvgIpc) is 2.43. The molecule has 0 bridgehead atoms. The second-order valence-electron chi connectivity index (χ2n) is 5.41. The molecule has 6 nitrogen and oxygen atoms in total. The van der Waals surface area contributed by atoms with Gasteiger partial charge in [-0.3, -0.25) is 14.5 Å². The molecule has 116 valence electrons. The molecule has 0 aliphatic carbocycles. The van der Waals surface area contributed by atoms with Crippen molar-refractivity contribution in [2.75, 3.05) is 52.9 Å². The second kappa shape index (κ2) is 8.92.